The van der Waals surface area contributed by atoms with Crippen molar-refractivity contribution in [2.75, 3.05) is 18.6 Å². The van der Waals surface area contributed by atoms with Crippen LogP contribution in [0, 0.1) is 0 Å². The number of pyridine rings is 1. The fourth-order valence-electron chi connectivity index (χ4n) is 1.62. The van der Waals surface area contributed by atoms with E-state index in [2.05, 4.69) is 10.3 Å². The van der Waals surface area contributed by atoms with Crippen molar-refractivity contribution in [2.45, 2.75) is 6.42 Å². The molecule has 4 nitrogen and oxygen atoms in total. The summed E-state index contributed by atoms with van der Waals surface area (Å²) in [6, 6.07) is 5.90. The van der Waals surface area contributed by atoms with Gasteiger partial charge in [-0.25, -0.2) is 4.98 Å². The Bertz CT molecular complexity index is 476. The van der Waals surface area contributed by atoms with Crippen LogP contribution in [0.3, 0.4) is 0 Å². The second-order valence-electron chi connectivity index (χ2n) is 3.73. The van der Waals surface area contributed by atoms with Gasteiger partial charge < -0.3 is 9.72 Å². The molecule has 0 radical (unpaired) electrons. The van der Waals surface area contributed by atoms with E-state index >= 15 is 0 Å². The second-order valence-corrected chi connectivity index (χ2v) is 4.60. The van der Waals surface area contributed by atoms with E-state index in [0.29, 0.717) is 12.3 Å². The number of fused-ring (bicyclic) bond motifs is 1. The summed E-state index contributed by atoms with van der Waals surface area (Å²) < 4.78 is 1.99. The highest BCUT2D eigenvalue weighted by Gasteiger charge is 2.02. The highest BCUT2D eigenvalue weighted by atomic mass is 32.2. The lowest BCUT2D eigenvalue weighted by Gasteiger charge is -2.01. The maximum absolute atomic E-state index is 11.2. The summed E-state index contributed by atoms with van der Waals surface area (Å²) in [5.74, 6) is 0.604. The lowest BCUT2D eigenvalue weighted by molar-refractivity contribution is -0.118. The van der Waals surface area contributed by atoms with Crippen LogP contribution < -0.4 is 5.32 Å². The first-order valence-corrected chi connectivity index (χ1v) is 6.87. The molecule has 0 fully saturated rings. The van der Waals surface area contributed by atoms with E-state index in [4.69, 9.17) is 0 Å². The first kappa shape index (κ1) is 12.0. The van der Waals surface area contributed by atoms with E-state index in [9.17, 15) is 4.79 Å². The molecule has 2 aromatic heterocycles. The summed E-state index contributed by atoms with van der Waals surface area (Å²) in [6.45, 7) is 0.642. The number of carbonyl (C=O) groups excluding carboxylic acids is 1. The Balaban J connectivity index is 1.89. The first-order chi connectivity index (χ1) is 8.29. The van der Waals surface area contributed by atoms with E-state index in [1.165, 1.54) is 11.8 Å². The fraction of sp³-hybridized carbons (Fsp3) is 0.333. The van der Waals surface area contributed by atoms with Crippen LogP contribution in [0.25, 0.3) is 5.65 Å². The normalized spacial score (nSPS) is 10.6. The monoisotopic (exact) mass is 249 g/mol. The summed E-state index contributed by atoms with van der Waals surface area (Å²) in [5.41, 5.74) is 1.94. The van der Waals surface area contributed by atoms with Gasteiger partial charge in [-0.3, -0.25) is 4.79 Å². The van der Waals surface area contributed by atoms with E-state index in [1.54, 1.807) is 0 Å². The Morgan fingerprint density at radius 3 is 3.18 bits per heavy atom. The zero-order valence-electron chi connectivity index (χ0n) is 9.72. The van der Waals surface area contributed by atoms with E-state index in [1.807, 2.05) is 41.2 Å². The van der Waals surface area contributed by atoms with Crippen molar-refractivity contribution in [3.05, 3.63) is 36.3 Å². The third kappa shape index (κ3) is 3.23. The van der Waals surface area contributed by atoms with Crippen molar-refractivity contribution in [2.24, 2.45) is 0 Å². The van der Waals surface area contributed by atoms with Gasteiger partial charge in [-0.15, -0.1) is 0 Å². The Morgan fingerprint density at radius 1 is 1.53 bits per heavy atom. The molecule has 5 heteroatoms. The van der Waals surface area contributed by atoms with Gasteiger partial charge in [0.15, 0.2) is 0 Å². The van der Waals surface area contributed by atoms with Crippen LogP contribution in [-0.2, 0) is 11.2 Å². The fourth-order valence-corrected chi connectivity index (χ4v) is 1.98. The summed E-state index contributed by atoms with van der Waals surface area (Å²) in [5, 5.41) is 2.87. The van der Waals surface area contributed by atoms with Crippen LogP contribution in [0.15, 0.2) is 30.6 Å². The molecule has 0 saturated carbocycles. The van der Waals surface area contributed by atoms with Crippen molar-refractivity contribution in [3.63, 3.8) is 0 Å². The van der Waals surface area contributed by atoms with Gasteiger partial charge in [-0.1, -0.05) is 6.07 Å². The molecule has 0 aromatic carbocycles. The third-order valence-corrected chi connectivity index (χ3v) is 2.94. The molecule has 0 unspecified atom stereocenters. The number of imidazole rings is 1. The molecule has 2 aromatic rings. The maximum Gasteiger partial charge on any atom is 0.229 e. The highest BCUT2D eigenvalue weighted by Crippen LogP contribution is 2.04. The molecule has 1 amide bonds. The van der Waals surface area contributed by atoms with Crippen LogP contribution in [-0.4, -0.2) is 33.8 Å². The number of hydrogen-bond acceptors (Lipinski definition) is 3. The van der Waals surface area contributed by atoms with Crippen LogP contribution in [0.4, 0.5) is 0 Å². The van der Waals surface area contributed by atoms with Gasteiger partial charge in [0, 0.05) is 25.4 Å². The Morgan fingerprint density at radius 2 is 2.41 bits per heavy atom. The van der Waals surface area contributed by atoms with E-state index < -0.39 is 0 Å². The smallest absolute Gasteiger partial charge is 0.229 e. The number of rotatable bonds is 5. The van der Waals surface area contributed by atoms with Gasteiger partial charge in [0.25, 0.3) is 0 Å². The standard InChI is InChI=1S/C12H15N3OS/c1-17-9-12(16)13-6-5-10-8-15-7-3-2-4-11(15)14-10/h2-4,7-8H,5-6,9H2,1H3,(H,13,16). The minimum atomic E-state index is 0.0845. The summed E-state index contributed by atoms with van der Waals surface area (Å²) in [7, 11) is 0. The first-order valence-electron chi connectivity index (χ1n) is 5.48. The van der Waals surface area contributed by atoms with E-state index in [-0.39, 0.29) is 5.91 Å². The van der Waals surface area contributed by atoms with Crippen LogP contribution in [0.1, 0.15) is 5.69 Å². The Kier molecular flexibility index (Phi) is 4.03. The Hall–Kier alpha value is -1.49. The molecular formula is C12H15N3OS. The summed E-state index contributed by atoms with van der Waals surface area (Å²) in [4.78, 5) is 15.7. The highest BCUT2D eigenvalue weighted by molar-refractivity contribution is 7.99. The van der Waals surface area contributed by atoms with Crippen molar-refractivity contribution in [1.29, 1.82) is 0 Å². The molecule has 2 heterocycles. The van der Waals surface area contributed by atoms with Gasteiger partial charge in [-0.2, -0.15) is 11.8 Å². The lowest BCUT2D eigenvalue weighted by atomic mass is 10.3. The van der Waals surface area contributed by atoms with E-state index in [0.717, 1.165) is 17.8 Å². The molecule has 0 atom stereocenters. The largest absolute Gasteiger partial charge is 0.355 e. The van der Waals surface area contributed by atoms with Gasteiger partial charge >= 0.3 is 0 Å². The minimum Gasteiger partial charge on any atom is -0.355 e. The predicted octanol–water partition coefficient (Wildman–Crippen LogP) is 1.36. The topological polar surface area (TPSA) is 46.4 Å². The molecule has 17 heavy (non-hydrogen) atoms. The number of hydrogen-bond donors (Lipinski definition) is 1. The minimum absolute atomic E-state index is 0.0845. The van der Waals surface area contributed by atoms with Crippen LogP contribution in [0.5, 0.6) is 0 Å². The second kappa shape index (κ2) is 5.72. The maximum atomic E-state index is 11.2. The molecule has 0 bridgehead atoms. The number of nitrogens with one attached hydrogen (secondary N) is 1. The molecule has 2 rings (SSSR count). The summed E-state index contributed by atoms with van der Waals surface area (Å²) >= 11 is 1.53. The molecule has 1 N–H and O–H groups in total. The number of carbonyl (C=O) groups is 1. The van der Waals surface area contributed by atoms with Crippen LogP contribution >= 0.6 is 11.8 Å². The predicted molar refractivity (Wildman–Crippen MR) is 70.3 cm³/mol. The van der Waals surface area contributed by atoms with Gasteiger partial charge in [0.05, 0.1) is 11.4 Å². The van der Waals surface area contributed by atoms with Gasteiger partial charge in [0.1, 0.15) is 5.65 Å². The molecule has 90 valence electrons. The Labute approximate surface area is 104 Å². The molecule has 0 saturated heterocycles. The molecule has 0 aliphatic carbocycles. The molecular weight excluding hydrogens is 234 g/mol. The van der Waals surface area contributed by atoms with Gasteiger partial charge in [0.2, 0.25) is 5.91 Å². The van der Waals surface area contributed by atoms with Crippen molar-refractivity contribution < 1.29 is 4.79 Å². The number of nitrogens with zero attached hydrogens (tertiary/aromatic N) is 2. The van der Waals surface area contributed by atoms with Crippen molar-refractivity contribution in [1.82, 2.24) is 14.7 Å². The number of thioether (sulfide) groups is 1. The number of aromatic nitrogens is 2. The number of amides is 1. The van der Waals surface area contributed by atoms with Crippen molar-refractivity contribution >= 4 is 23.3 Å². The zero-order chi connectivity index (χ0) is 12.1. The SMILES string of the molecule is CSCC(=O)NCCc1cn2ccccc2n1. The van der Waals surface area contributed by atoms with Crippen LogP contribution in [0.2, 0.25) is 0 Å². The van der Waals surface area contributed by atoms with Crippen molar-refractivity contribution in [3.8, 4) is 0 Å². The average Bonchev–Trinajstić information content (AvgIpc) is 2.71. The van der Waals surface area contributed by atoms with Gasteiger partial charge in [-0.05, 0) is 18.4 Å². The molecule has 0 aliphatic heterocycles. The molecule has 0 aliphatic rings. The third-order valence-electron chi connectivity index (χ3n) is 2.39. The zero-order valence-corrected chi connectivity index (χ0v) is 10.5. The molecule has 0 spiro atoms. The lowest BCUT2D eigenvalue weighted by Crippen LogP contribution is -2.27. The summed E-state index contributed by atoms with van der Waals surface area (Å²) in [6.07, 6.45) is 6.65. The average molecular weight is 249 g/mol. The quantitative estimate of drug-likeness (QED) is 0.870.